The summed E-state index contributed by atoms with van der Waals surface area (Å²) >= 11 is 0. The predicted octanol–water partition coefficient (Wildman–Crippen LogP) is 2.97. The van der Waals surface area contributed by atoms with Gasteiger partial charge in [0, 0.05) is 31.4 Å². The van der Waals surface area contributed by atoms with Crippen molar-refractivity contribution in [2.75, 3.05) is 31.6 Å². The number of pyridine rings is 1. The molecular weight excluding hydrogens is 434 g/mol. The normalized spacial score (nSPS) is 14.2. The molecule has 1 saturated heterocycles. The number of benzene rings is 1. The van der Waals surface area contributed by atoms with Crippen LogP contribution in [0.25, 0.3) is 0 Å². The molecule has 1 aromatic heterocycles. The van der Waals surface area contributed by atoms with Crippen LogP contribution >= 0.6 is 0 Å². The Morgan fingerprint density at radius 3 is 2.55 bits per heavy atom. The summed E-state index contributed by atoms with van der Waals surface area (Å²) in [5.74, 6) is 0.566. The van der Waals surface area contributed by atoms with Gasteiger partial charge in [0.15, 0.2) is 11.5 Å². The van der Waals surface area contributed by atoms with Gasteiger partial charge in [0.05, 0.1) is 13.7 Å². The first-order valence-corrected chi connectivity index (χ1v) is 10.7. The molecule has 8 nitrogen and oxygen atoms in total. The van der Waals surface area contributed by atoms with E-state index in [1.807, 2.05) is 12.1 Å². The highest BCUT2D eigenvalue weighted by Gasteiger charge is 2.17. The lowest BCUT2D eigenvalue weighted by molar-refractivity contribution is -0.120. The number of anilines is 1. The molecule has 2 aromatic rings. The van der Waals surface area contributed by atoms with Gasteiger partial charge >= 0.3 is 6.61 Å². The van der Waals surface area contributed by atoms with E-state index in [9.17, 15) is 18.4 Å². The van der Waals surface area contributed by atoms with Gasteiger partial charge in [-0.3, -0.25) is 9.59 Å². The molecule has 1 aromatic carbocycles. The lowest BCUT2D eigenvalue weighted by atomic mass is 9.99. The highest BCUT2D eigenvalue weighted by molar-refractivity contribution is 5.97. The number of halogens is 2. The Labute approximate surface area is 191 Å². The van der Waals surface area contributed by atoms with E-state index in [1.54, 1.807) is 6.20 Å². The van der Waals surface area contributed by atoms with Crippen LogP contribution < -0.4 is 25.0 Å². The molecule has 0 bridgehead atoms. The summed E-state index contributed by atoms with van der Waals surface area (Å²) in [6.45, 7) is 1.29. The zero-order valence-electron chi connectivity index (χ0n) is 18.6. The summed E-state index contributed by atoms with van der Waals surface area (Å²) in [6, 6.07) is 7.66. The number of amides is 2. The number of rotatable bonds is 9. The van der Waals surface area contributed by atoms with E-state index < -0.39 is 12.5 Å². The average molecular weight is 462 g/mol. The van der Waals surface area contributed by atoms with Crippen LogP contribution in [0, 0.1) is 5.92 Å². The minimum absolute atomic E-state index is 0.0117. The second-order valence-electron chi connectivity index (χ2n) is 7.90. The van der Waals surface area contributed by atoms with Crippen LogP contribution in [0.15, 0.2) is 36.5 Å². The lowest BCUT2D eigenvalue weighted by Crippen LogP contribution is -2.36. The van der Waals surface area contributed by atoms with Gasteiger partial charge in [0.25, 0.3) is 5.91 Å². The largest absolute Gasteiger partial charge is 0.493 e. The molecule has 1 fully saturated rings. The number of methoxy groups -OCH3 is 1. The van der Waals surface area contributed by atoms with Crippen molar-refractivity contribution >= 4 is 17.6 Å². The minimum atomic E-state index is -3.01. The first-order chi connectivity index (χ1) is 15.9. The quantitative estimate of drug-likeness (QED) is 0.595. The highest BCUT2D eigenvalue weighted by Crippen LogP contribution is 2.29. The van der Waals surface area contributed by atoms with E-state index in [-0.39, 0.29) is 36.1 Å². The van der Waals surface area contributed by atoms with Gasteiger partial charge < -0.3 is 25.0 Å². The summed E-state index contributed by atoms with van der Waals surface area (Å²) < 4.78 is 34.1. The fraction of sp³-hybridized carbons (Fsp3) is 0.435. The van der Waals surface area contributed by atoms with Crippen LogP contribution in [0.3, 0.4) is 0 Å². The van der Waals surface area contributed by atoms with Gasteiger partial charge in [-0.2, -0.15) is 8.78 Å². The number of hydrogen-bond donors (Lipinski definition) is 2. The van der Waals surface area contributed by atoms with Crippen LogP contribution in [-0.4, -0.2) is 50.2 Å². The molecule has 0 saturated carbocycles. The van der Waals surface area contributed by atoms with Crippen molar-refractivity contribution in [3.63, 3.8) is 0 Å². The molecule has 2 heterocycles. The maximum absolute atomic E-state index is 12.4. The molecule has 0 atom stereocenters. The molecule has 0 radical (unpaired) electrons. The number of carbonyl (C=O) groups is 2. The Kier molecular flexibility index (Phi) is 8.39. The molecule has 33 heavy (non-hydrogen) atoms. The number of nitrogens with zero attached hydrogens (tertiary/aromatic N) is 2. The fourth-order valence-electron chi connectivity index (χ4n) is 3.47. The first-order valence-electron chi connectivity index (χ1n) is 10.7. The van der Waals surface area contributed by atoms with Crippen molar-refractivity contribution in [2.24, 2.45) is 5.92 Å². The SMILES string of the molecule is COc1cc(C(=O)NCC(=O)NCc2ccc(N3CCC(C)CC3)nc2)ccc1OC(F)F. The Hall–Kier alpha value is -3.43. The summed E-state index contributed by atoms with van der Waals surface area (Å²) in [6.07, 6.45) is 4.05. The molecule has 0 unspecified atom stereocenters. The minimum Gasteiger partial charge on any atom is -0.493 e. The third-order valence-electron chi connectivity index (χ3n) is 5.46. The van der Waals surface area contributed by atoms with Crippen LogP contribution in [0.5, 0.6) is 11.5 Å². The third kappa shape index (κ3) is 7.03. The Bertz CT molecular complexity index is 948. The third-order valence-corrected chi connectivity index (χ3v) is 5.46. The topological polar surface area (TPSA) is 92.8 Å². The van der Waals surface area contributed by atoms with Gasteiger partial charge in [0.1, 0.15) is 5.82 Å². The molecule has 2 N–H and O–H groups in total. The van der Waals surface area contributed by atoms with Crippen LogP contribution in [0.2, 0.25) is 0 Å². The Morgan fingerprint density at radius 1 is 1.15 bits per heavy atom. The summed E-state index contributed by atoms with van der Waals surface area (Å²) in [4.78, 5) is 31.2. The van der Waals surface area contributed by atoms with Gasteiger partial charge in [-0.05, 0) is 48.6 Å². The smallest absolute Gasteiger partial charge is 0.387 e. The van der Waals surface area contributed by atoms with Gasteiger partial charge in [-0.15, -0.1) is 0 Å². The van der Waals surface area contributed by atoms with Crippen molar-refractivity contribution in [2.45, 2.75) is 32.9 Å². The standard InChI is InChI=1S/C23H28F2N4O4/c1-15-7-9-29(10-8-15)20-6-3-16(12-26-20)13-27-21(30)14-28-22(31)17-4-5-18(33-23(24)25)19(11-17)32-2/h3-6,11-12,15,23H,7-10,13-14H2,1-2H3,(H,27,30)(H,28,31). The van der Waals surface area contributed by atoms with Crippen LogP contribution in [0.1, 0.15) is 35.7 Å². The molecular formula is C23H28F2N4O4. The number of hydrogen-bond acceptors (Lipinski definition) is 6. The zero-order valence-corrected chi connectivity index (χ0v) is 18.6. The van der Waals surface area contributed by atoms with E-state index >= 15 is 0 Å². The number of piperidine rings is 1. The molecule has 10 heteroatoms. The molecule has 178 valence electrons. The van der Waals surface area contributed by atoms with Gasteiger partial charge in [-0.1, -0.05) is 13.0 Å². The molecule has 0 spiro atoms. The molecule has 1 aliphatic heterocycles. The zero-order chi connectivity index (χ0) is 23.8. The number of carbonyl (C=O) groups excluding carboxylic acids is 2. The molecule has 3 rings (SSSR count). The summed E-state index contributed by atoms with van der Waals surface area (Å²) in [5.41, 5.74) is 0.997. The molecule has 0 aliphatic carbocycles. The molecule has 1 aliphatic rings. The van der Waals surface area contributed by atoms with Crippen molar-refractivity contribution in [1.82, 2.24) is 15.6 Å². The van der Waals surface area contributed by atoms with Gasteiger partial charge in [-0.25, -0.2) is 4.98 Å². The lowest BCUT2D eigenvalue weighted by Gasteiger charge is -2.31. The van der Waals surface area contributed by atoms with Crippen LogP contribution in [0.4, 0.5) is 14.6 Å². The second kappa shape index (κ2) is 11.4. The number of aromatic nitrogens is 1. The number of nitrogens with one attached hydrogen (secondary N) is 2. The molecule has 2 amide bonds. The maximum Gasteiger partial charge on any atom is 0.387 e. The van der Waals surface area contributed by atoms with Crippen molar-refractivity contribution in [3.05, 3.63) is 47.7 Å². The number of ether oxygens (including phenoxy) is 2. The van der Waals surface area contributed by atoms with Gasteiger partial charge in [0.2, 0.25) is 5.91 Å². The first kappa shape index (κ1) is 24.2. The summed E-state index contributed by atoms with van der Waals surface area (Å²) in [5, 5.41) is 5.21. The predicted molar refractivity (Wildman–Crippen MR) is 119 cm³/mol. The Balaban J connectivity index is 1.45. The van der Waals surface area contributed by atoms with Crippen molar-refractivity contribution in [1.29, 1.82) is 0 Å². The van der Waals surface area contributed by atoms with Crippen molar-refractivity contribution in [3.8, 4) is 11.5 Å². The Morgan fingerprint density at radius 2 is 1.91 bits per heavy atom. The highest BCUT2D eigenvalue weighted by atomic mass is 19.3. The summed E-state index contributed by atoms with van der Waals surface area (Å²) in [7, 11) is 1.27. The van der Waals surface area contributed by atoms with E-state index in [1.165, 1.54) is 25.3 Å². The van der Waals surface area contributed by atoms with Crippen molar-refractivity contribution < 1.29 is 27.8 Å². The maximum atomic E-state index is 12.4. The van der Waals surface area contributed by atoms with E-state index in [0.717, 1.165) is 43.2 Å². The van der Waals surface area contributed by atoms with E-state index in [0.29, 0.717) is 0 Å². The average Bonchev–Trinajstić information content (AvgIpc) is 2.82. The van der Waals surface area contributed by atoms with E-state index in [4.69, 9.17) is 4.74 Å². The second-order valence-corrected chi connectivity index (χ2v) is 7.90. The number of alkyl halides is 2. The monoisotopic (exact) mass is 462 g/mol. The fourth-order valence-corrected chi connectivity index (χ4v) is 3.47. The van der Waals surface area contributed by atoms with E-state index in [2.05, 4.69) is 32.2 Å². The van der Waals surface area contributed by atoms with Crippen LogP contribution in [-0.2, 0) is 11.3 Å².